The predicted octanol–water partition coefficient (Wildman–Crippen LogP) is 2.65. The van der Waals surface area contributed by atoms with Crippen molar-refractivity contribution in [3.63, 3.8) is 0 Å². The molecular formula is C20H18F3N5O3S. The molecule has 0 spiro atoms. The molecule has 0 unspecified atom stereocenters. The van der Waals surface area contributed by atoms with Gasteiger partial charge >= 0.3 is 6.36 Å². The molecule has 168 valence electrons. The lowest BCUT2D eigenvalue weighted by molar-refractivity contribution is -0.274. The van der Waals surface area contributed by atoms with Crippen molar-refractivity contribution in [1.29, 1.82) is 0 Å². The van der Waals surface area contributed by atoms with Gasteiger partial charge in [-0.25, -0.2) is 9.97 Å². The van der Waals surface area contributed by atoms with E-state index in [-0.39, 0.29) is 17.3 Å². The van der Waals surface area contributed by atoms with Gasteiger partial charge in [-0.3, -0.25) is 9.48 Å². The second-order valence-corrected chi connectivity index (χ2v) is 8.20. The van der Waals surface area contributed by atoms with Gasteiger partial charge in [0.15, 0.2) is 5.82 Å². The normalized spacial score (nSPS) is 18.5. The van der Waals surface area contributed by atoms with E-state index < -0.39 is 24.4 Å². The highest BCUT2D eigenvalue weighted by Crippen LogP contribution is 2.27. The van der Waals surface area contributed by atoms with Gasteiger partial charge in [0.05, 0.1) is 29.6 Å². The maximum absolute atomic E-state index is 12.8. The minimum Gasteiger partial charge on any atom is -0.406 e. The van der Waals surface area contributed by atoms with Crippen LogP contribution in [0.15, 0.2) is 42.7 Å². The number of rotatable bonds is 5. The number of carbonyl (C=O) groups is 1. The number of hydrogen-bond acceptors (Lipinski definition) is 7. The van der Waals surface area contributed by atoms with Crippen molar-refractivity contribution in [2.24, 2.45) is 7.05 Å². The monoisotopic (exact) mass is 465 g/mol. The van der Waals surface area contributed by atoms with Gasteiger partial charge in [0.25, 0.3) is 5.91 Å². The summed E-state index contributed by atoms with van der Waals surface area (Å²) in [6.07, 6.45) is -2.22. The SMILES string of the molecule is Cn1cc(-c2nc(C(=O)N[C@@H]3CSC[C@@H]3O)cc(-c3ccc(OC(F)(F)F)cc3)n2)cn1. The summed E-state index contributed by atoms with van der Waals surface area (Å²) in [6, 6.07) is 6.21. The van der Waals surface area contributed by atoms with Gasteiger partial charge in [-0.15, -0.1) is 13.2 Å². The summed E-state index contributed by atoms with van der Waals surface area (Å²) in [4.78, 5) is 21.6. The van der Waals surface area contributed by atoms with E-state index >= 15 is 0 Å². The summed E-state index contributed by atoms with van der Waals surface area (Å²) in [5.74, 6) is 0.502. The second-order valence-electron chi connectivity index (χ2n) is 7.12. The zero-order valence-corrected chi connectivity index (χ0v) is 17.5. The van der Waals surface area contributed by atoms with Crippen LogP contribution in [0.2, 0.25) is 0 Å². The van der Waals surface area contributed by atoms with Crippen LogP contribution in [0.25, 0.3) is 22.6 Å². The molecule has 2 atom stereocenters. The molecule has 0 aliphatic carbocycles. The lowest BCUT2D eigenvalue weighted by Crippen LogP contribution is -2.42. The van der Waals surface area contributed by atoms with E-state index in [1.165, 1.54) is 42.1 Å². The first-order valence-electron chi connectivity index (χ1n) is 9.49. The Morgan fingerprint density at radius 1 is 1.22 bits per heavy atom. The van der Waals surface area contributed by atoms with Gasteiger partial charge < -0.3 is 15.2 Å². The summed E-state index contributed by atoms with van der Waals surface area (Å²) in [6.45, 7) is 0. The van der Waals surface area contributed by atoms with E-state index in [2.05, 4.69) is 25.1 Å². The molecule has 0 bridgehead atoms. The Hall–Kier alpha value is -3.12. The Kier molecular flexibility index (Phi) is 6.07. The molecule has 1 saturated heterocycles. The topological polar surface area (TPSA) is 102 Å². The van der Waals surface area contributed by atoms with E-state index in [0.717, 1.165) is 0 Å². The van der Waals surface area contributed by atoms with Crippen LogP contribution in [0, 0.1) is 0 Å². The van der Waals surface area contributed by atoms with Crippen LogP contribution in [-0.4, -0.2) is 60.8 Å². The molecule has 2 aromatic heterocycles. The average molecular weight is 465 g/mol. The fraction of sp³-hybridized carbons (Fsp3) is 0.300. The molecule has 8 nitrogen and oxygen atoms in total. The lowest BCUT2D eigenvalue weighted by atomic mass is 10.1. The summed E-state index contributed by atoms with van der Waals surface area (Å²) in [5.41, 5.74) is 1.44. The summed E-state index contributed by atoms with van der Waals surface area (Å²) in [5, 5.41) is 16.9. The molecule has 12 heteroatoms. The number of thioether (sulfide) groups is 1. The molecule has 1 amide bonds. The van der Waals surface area contributed by atoms with Crippen molar-refractivity contribution in [3.05, 3.63) is 48.4 Å². The molecule has 0 radical (unpaired) electrons. The third kappa shape index (κ3) is 5.19. The van der Waals surface area contributed by atoms with E-state index in [1.807, 2.05) is 0 Å². The third-order valence-corrected chi connectivity index (χ3v) is 5.84. The number of amides is 1. The van der Waals surface area contributed by atoms with Crippen LogP contribution >= 0.6 is 11.8 Å². The van der Waals surface area contributed by atoms with Crippen LogP contribution in [0.1, 0.15) is 10.5 Å². The Labute approximate surface area is 184 Å². The largest absolute Gasteiger partial charge is 0.573 e. The zero-order chi connectivity index (χ0) is 22.9. The zero-order valence-electron chi connectivity index (χ0n) is 16.7. The Morgan fingerprint density at radius 2 is 1.97 bits per heavy atom. The highest BCUT2D eigenvalue weighted by Gasteiger charge is 2.31. The van der Waals surface area contributed by atoms with Crippen LogP contribution in [-0.2, 0) is 7.05 Å². The van der Waals surface area contributed by atoms with Crippen LogP contribution in [0.4, 0.5) is 13.2 Å². The molecule has 3 heterocycles. The van der Waals surface area contributed by atoms with Gasteiger partial charge in [-0.1, -0.05) is 0 Å². The second kappa shape index (κ2) is 8.79. The van der Waals surface area contributed by atoms with Gasteiger partial charge in [-0.2, -0.15) is 16.9 Å². The van der Waals surface area contributed by atoms with Crippen molar-refractivity contribution < 1.29 is 27.8 Å². The van der Waals surface area contributed by atoms with Crippen molar-refractivity contribution in [2.45, 2.75) is 18.5 Å². The lowest BCUT2D eigenvalue weighted by Gasteiger charge is -2.16. The Bertz CT molecular complexity index is 1120. The number of aliphatic hydroxyl groups is 1. The smallest absolute Gasteiger partial charge is 0.406 e. The predicted molar refractivity (Wildman–Crippen MR) is 111 cm³/mol. The highest BCUT2D eigenvalue weighted by atomic mass is 32.2. The van der Waals surface area contributed by atoms with E-state index in [1.54, 1.807) is 24.1 Å². The van der Waals surface area contributed by atoms with E-state index in [9.17, 15) is 23.1 Å². The molecule has 1 aliphatic rings. The molecule has 1 aromatic carbocycles. The fourth-order valence-electron chi connectivity index (χ4n) is 3.13. The number of aliphatic hydroxyl groups excluding tert-OH is 1. The van der Waals surface area contributed by atoms with Crippen molar-refractivity contribution in [3.8, 4) is 28.4 Å². The fourth-order valence-corrected chi connectivity index (χ4v) is 4.30. The maximum atomic E-state index is 12.8. The summed E-state index contributed by atoms with van der Waals surface area (Å²) < 4.78 is 42.7. The molecular weight excluding hydrogens is 447 g/mol. The number of halogens is 3. The number of nitrogens with one attached hydrogen (secondary N) is 1. The summed E-state index contributed by atoms with van der Waals surface area (Å²) in [7, 11) is 1.72. The first kappa shape index (κ1) is 22.1. The number of ether oxygens (including phenoxy) is 1. The minimum atomic E-state index is -4.79. The first-order valence-corrected chi connectivity index (χ1v) is 10.6. The number of nitrogens with zero attached hydrogens (tertiary/aromatic N) is 4. The number of carbonyl (C=O) groups excluding carboxylic acids is 1. The van der Waals surface area contributed by atoms with Gasteiger partial charge in [0.1, 0.15) is 11.4 Å². The van der Waals surface area contributed by atoms with E-state index in [0.29, 0.717) is 28.3 Å². The van der Waals surface area contributed by atoms with Crippen molar-refractivity contribution >= 4 is 17.7 Å². The number of alkyl halides is 3. The van der Waals surface area contributed by atoms with Crippen molar-refractivity contribution in [1.82, 2.24) is 25.1 Å². The van der Waals surface area contributed by atoms with Gasteiger partial charge in [0, 0.05) is 30.3 Å². The van der Waals surface area contributed by atoms with Crippen LogP contribution < -0.4 is 10.1 Å². The highest BCUT2D eigenvalue weighted by molar-refractivity contribution is 7.99. The Morgan fingerprint density at radius 3 is 2.56 bits per heavy atom. The molecule has 3 aromatic rings. The Balaban J connectivity index is 1.68. The molecule has 4 rings (SSSR count). The van der Waals surface area contributed by atoms with Crippen LogP contribution in [0.5, 0.6) is 5.75 Å². The number of aryl methyl sites for hydroxylation is 1. The number of benzene rings is 1. The number of aromatic nitrogens is 4. The van der Waals surface area contributed by atoms with Crippen LogP contribution in [0.3, 0.4) is 0 Å². The average Bonchev–Trinajstić information content (AvgIpc) is 3.35. The standard InChI is InChI=1S/C20H18F3N5O3S/c1-28-8-12(7-24-28)18-25-14(11-2-4-13(5-3-11)31-20(21,22)23)6-15(26-18)19(30)27-16-9-32-10-17(16)29/h2-8,16-17,29H,9-10H2,1H3,(H,27,30)/t16-,17+/m1/s1. The maximum Gasteiger partial charge on any atom is 0.573 e. The van der Waals surface area contributed by atoms with E-state index in [4.69, 9.17) is 0 Å². The molecule has 1 fully saturated rings. The molecule has 1 aliphatic heterocycles. The van der Waals surface area contributed by atoms with Gasteiger partial charge in [-0.05, 0) is 30.3 Å². The summed E-state index contributed by atoms with van der Waals surface area (Å²) >= 11 is 1.53. The van der Waals surface area contributed by atoms with Crippen molar-refractivity contribution in [2.75, 3.05) is 11.5 Å². The quantitative estimate of drug-likeness (QED) is 0.597. The third-order valence-electron chi connectivity index (χ3n) is 4.67. The minimum absolute atomic E-state index is 0.0635. The number of hydrogen-bond donors (Lipinski definition) is 2. The first-order chi connectivity index (χ1) is 15.2. The molecule has 2 N–H and O–H groups in total. The van der Waals surface area contributed by atoms with Gasteiger partial charge in [0.2, 0.25) is 0 Å². The molecule has 32 heavy (non-hydrogen) atoms. The molecule has 0 saturated carbocycles.